The van der Waals surface area contributed by atoms with E-state index in [1.807, 2.05) is 29.7 Å². The molecule has 3 aromatic rings. The zero-order chi connectivity index (χ0) is 15.1. The van der Waals surface area contributed by atoms with Crippen LogP contribution < -0.4 is 5.73 Å². The zero-order valence-electron chi connectivity index (χ0n) is 12.4. The number of rotatable bonds is 2. The molecule has 0 atom stereocenters. The second kappa shape index (κ2) is 4.88. The largest absolute Gasteiger partial charge is 0.399 e. The molecule has 0 bridgehead atoms. The van der Waals surface area contributed by atoms with Gasteiger partial charge in [0.05, 0.1) is 16.7 Å². The van der Waals surface area contributed by atoms with E-state index >= 15 is 0 Å². The molecule has 1 heterocycles. The van der Waals surface area contributed by atoms with Gasteiger partial charge in [-0.15, -0.1) is 0 Å². The zero-order valence-corrected chi connectivity index (χ0v) is 12.4. The highest BCUT2D eigenvalue weighted by Crippen LogP contribution is 2.29. The Kier molecular flexibility index (Phi) is 3.16. The van der Waals surface area contributed by atoms with Gasteiger partial charge in [-0.2, -0.15) is 0 Å². The molecule has 3 rings (SSSR count). The lowest BCUT2D eigenvalue weighted by Gasteiger charge is -2.14. The van der Waals surface area contributed by atoms with Crippen LogP contribution in [0.25, 0.3) is 16.7 Å². The van der Waals surface area contributed by atoms with Gasteiger partial charge in [-0.1, -0.05) is 19.9 Å². The number of nitrogens with zero attached hydrogens (tertiary/aromatic N) is 2. The van der Waals surface area contributed by atoms with Gasteiger partial charge < -0.3 is 5.73 Å². The van der Waals surface area contributed by atoms with Crippen molar-refractivity contribution in [2.45, 2.75) is 26.7 Å². The topological polar surface area (TPSA) is 43.8 Å². The molecule has 1 aromatic heterocycles. The third-order valence-corrected chi connectivity index (χ3v) is 3.63. The summed E-state index contributed by atoms with van der Waals surface area (Å²) in [5.74, 6) is 0.883. The summed E-state index contributed by atoms with van der Waals surface area (Å²) < 4.78 is 15.7. The third-order valence-electron chi connectivity index (χ3n) is 3.63. The number of imidazole rings is 1. The van der Waals surface area contributed by atoms with Crippen LogP contribution in [0.1, 0.15) is 31.2 Å². The standard InChI is InChI=1S/C17H18FN3/c1-10(2)17-20-14-9-13(19)6-7-15(14)21(17)16-8-12(18)5-4-11(16)3/h4-10H,19H2,1-3H3. The van der Waals surface area contributed by atoms with Crippen LogP contribution in [0.15, 0.2) is 36.4 Å². The summed E-state index contributed by atoms with van der Waals surface area (Å²) >= 11 is 0. The number of benzene rings is 2. The van der Waals surface area contributed by atoms with Gasteiger partial charge in [0.2, 0.25) is 0 Å². The van der Waals surface area contributed by atoms with Gasteiger partial charge in [0.15, 0.2) is 0 Å². The Labute approximate surface area is 123 Å². The van der Waals surface area contributed by atoms with Crippen molar-refractivity contribution >= 4 is 16.7 Å². The molecule has 21 heavy (non-hydrogen) atoms. The molecule has 0 aliphatic rings. The first-order valence-electron chi connectivity index (χ1n) is 7.02. The Morgan fingerprint density at radius 2 is 1.90 bits per heavy atom. The van der Waals surface area contributed by atoms with E-state index in [2.05, 4.69) is 18.8 Å². The van der Waals surface area contributed by atoms with Crippen molar-refractivity contribution in [3.05, 3.63) is 53.6 Å². The van der Waals surface area contributed by atoms with Crippen LogP contribution in [-0.2, 0) is 0 Å². The Hall–Kier alpha value is -2.36. The van der Waals surface area contributed by atoms with Crippen LogP contribution in [0.5, 0.6) is 0 Å². The first-order chi connectivity index (χ1) is 9.97. The van der Waals surface area contributed by atoms with Crippen LogP contribution in [0.2, 0.25) is 0 Å². The summed E-state index contributed by atoms with van der Waals surface area (Å²) in [7, 11) is 0. The highest BCUT2D eigenvalue weighted by molar-refractivity contribution is 5.82. The lowest BCUT2D eigenvalue weighted by molar-refractivity contribution is 0.625. The monoisotopic (exact) mass is 283 g/mol. The predicted molar refractivity (Wildman–Crippen MR) is 84.3 cm³/mol. The van der Waals surface area contributed by atoms with Crippen molar-refractivity contribution in [1.29, 1.82) is 0 Å². The maximum Gasteiger partial charge on any atom is 0.125 e. The second-order valence-electron chi connectivity index (χ2n) is 5.64. The number of nitrogen functional groups attached to an aromatic ring is 1. The third kappa shape index (κ3) is 2.27. The van der Waals surface area contributed by atoms with Crippen LogP contribution in [0, 0.1) is 12.7 Å². The van der Waals surface area contributed by atoms with Crippen LogP contribution in [0.4, 0.5) is 10.1 Å². The minimum Gasteiger partial charge on any atom is -0.399 e. The quantitative estimate of drug-likeness (QED) is 0.717. The molecule has 0 saturated heterocycles. The summed E-state index contributed by atoms with van der Waals surface area (Å²) in [5, 5.41) is 0. The molecule has 0 aliphatic heterocycles. The Bertz CT molecular complexity index is 818. The lowest BCUT2D eigenvalue weighted by atomic mass is 10.1. The molecular formula is C17H18FN3. The molecule has 0 amide bonds. The van der Waals surface area contributed by atoms with Crippen molar-refractivity contribution < 1.29 is 4.39 Å². The van der Waals surface area contributed by atoms with Crippen molar-refractivity contribution in [1.82, 2.24) is 9.55 Å². The van der Waals surface area contributed by atoms with Gasteiger partial charge in [-0.3, -0.25) is 4.57 Å². The number of nitrogens with two attached hydrogens (primary N) is 1. The molecule has 0 fully saturated rings. The van der Waals surface area contributed by atoms with Gasteiger partial charge in [0.1, 0.15) is 11.6 Å². The maximum absolute atomic E-state index is 13.7. The molecule has 0 spiro atoms. The number of aromatic nitrogens is 2. The molecule has 0 aliphatic carbocycles. The molecule has 4 heteroatoms. The summed E-state index contributed by atoms with van der Waals surface area (Å²) in [4.78, 5) is 4.68. The average Bonchev–Trinajstić information content (AvgIpc) is 2.80. The second-order valence-corrected chi connectivity index (χ2v) is 5.64. The molecule has 0 saturated carbocycles. The van der Waals surface area contributed by atoms with E-state index in [0.29, 0.717) is 5.69 Å². The number of fused-ring (bicyclic) bond motifs is 1. The van der Waals surface area contributed by atoms with Crippen LogP contribution in [0.3, 0.4) is 0 Å². The molecule has 2 aromatic carbocycles. The van der Waals surface area contributed by atoms with Crippen molar-refractivity contribution in [3.63, 3.8) is 0 Å². The Morgan fingerprint density at radius 3 is 2.62 bits per heavy atom. The molecule has 2 N–H and O–H groups in total. The van der Waals surface area contributed by atoms with Crippen LogP contribution in [-0.4, -0.2) is 9.55 Å². The molecule has 3 nitrogen and oxygen atoms in total. The van der Waals surface area contributed by atoms with E-state index in [9.17, 15) is 4.39 Å². The summed E-state index contributed by atoms with van der Waals surface area (Å²) in [6, 6.07) is 10.5. The van der Waals surface area contributed by atoms with E-state index in [1.54, 1.807) is 12.1 Å². The number of halogens is 1. The molecule has 0 unspecified atom stereocenters. The van der Waals surface area contributed by atoms with Gasteiger partial charge in [0.25, 0.3) is 0 Å². The minimum atomic E-state index is -0.248. The van der Waals surface area contributed by atoms with Crippen LogP contribution >= 0.6 is 0 Å². The minimum absolute atomic E-state index is 0.223. The van der Waals surface area contributed by atoms with E-state index < -0.39 is 0 Å². The number of hydrogen-bond acceptors (Lipinski definition) is 2. The highest BCUT2D eigenvalue weighted by Gasteiger charge is 2.17. The smallest absolute Gasteiger partial charge is 0.125 e. The van der Waals surface area contributed by atoms with Gasteiger partial charge in [-0.25, -0.2) is 9.37 Å². The summed E-state index contributed by atoms with van der Waals surface area (Å²) in [6.45, 7) is 6.13. The van der Waals surface area contributed by atoms with Gasteiger partial charge in [-0.05, 0) is 42.8 Å². The molecule has 108 valence electrons. The van der Waals surface area contributed by atoms with Crippen molar-refractivity contribution in [2.75, 3.05) is 5.73 Å². The first kappa shape index (κ1) is 13.6. The fourth-order valence-corrected chi connectivity index (χ4v) is 2.58. The predicted octanol–water partition coefficient (Wildman–Crippen LogP) is 4.18. The van der Waals surface area contributed by atoms with Crippen molar-refractivity contribution in [2.24, 2.45) is 0 Å². The molecule has 0 radical (unpaired) electrons. The maximum atomic E-state index is 13.7. The summed E-state index contributed by atoms with van der Waals surface area (Å²) in [6.07, 6.45) is 0. The van der Waals surface area contributed by atoms with E-state index in [0.717, 1.165) is 28.1 Å². The summed E-state index contributed by atoms with van der Waals surface area (Å²) in [5.41, 5.74) is 10.1. The lowest BCUT2D eigenvalue weighted by Crippen LogP contribution is -2.05. The fourth-order valence-electron chi connectivity index (χ4n) is 2.58. The fraction of sp³-hybridized carbons (Fsp3) is 0.235. The Balaban J connectivity index is 2.39. The van der Waals surface area contributed by atoms with Crippen molar-refractivity contribution in [3.8, 4) is 5.69 Å². The number of anilines is 1. The van der Waals surface area contributed by atoms with Gasteiger partial charge in [0, 0.05) is 11.6 Å². The SMILES string of the molecule is Cc1ccc(F)cc1-n1c(C(C)C)nc2cc(N)ccc21. The normalized spacial score (nSPS) is 11.5. The molecular weight excluding hydrogens is 265 g/mol. The van der Waals surface area contributed by atoms with Gasteiger partial charge >= 0.3 is 0 Å². The number of hydrogen-bond donors (Lipinski definition) is 1. The van der Waals surface area contributed by atoms with E-state index in [1.165, 1.54) is 6.07 Å². The first-order valence-corrected chi connectivity index (χ1v) is 7.02. The average molecular weight is 283 g/mol. The highest BCUT2D eigenvalue weighted by atomic mass is 19.1. The van der Waals surface area contributed by atoms with E-state index in [-0.39, 0.29) is 11.7 Å². The Morgan fingerprint density at radius 1 is 1.14 bits per heavy atom. The number of aryl methyl sites for hydroxylation is 1. The van der Waals surface area contributed by atoms with E-state index in [4.69, 9.17) is 5.73 Å².